The van der Waals surface area contributed by atoms with E-state index >= 15 is 0 Å². The van der Waals surface area contributed by atoms with Crippen LogP contribution in [0.5, 0.6) is 11.5 Å². The van der Waals surface area contributed by atoms with Gasteiger partial charge in [0.1, 0.15) is 5.82 Å². The zero-order valence-electron chi connectivity index (χ0n) is 8.51. The van der Waals surface area contributed by atoms with E-state index < -0.39 is 0 Å². The average molecular weight is 214 g/mol. The molecule has 1 aromatic heterocycles. The van der Waals surface area contributed by atoms with Crippen molar-refractivity contribution < 1.29 is 9.47 Å². The lowest BCUT2D eigenvalue weighted by molar-refractivity contribution is 0.174. The molecule has 0 spiro atoms. The van der Waals surface area contributed by atoms with Crippen LogP contribution in [0.15, 0.2) is 42.6 Å². The van der Waals surface area contributed by atoms with E-state index in [1.807, 2.05) is 36.4 Å². The van der Waals surface area contributed by atoms with Gasteiger partial charge in [0.15, 0.2) is 11.5 Å². The number of ether oxygens (including phenoxy) is 2. The Morgan fingerprint density at radius 3 is 2.88 bits per heavy atom. The highest BCUT2D eigenvalue weighted by Crippen LogP contribution is 2.34. The molecule has 0 saturated heterocycles. The number of pyridine rings is 1. The van der Waals surface area contributed by atoms with Crippen molar-refractivity contribution in [2.45, 2.75) is 0 Å². The second-order valence-electron chi connectivity index (χ2n) is 3.41. The fourth-order valence-electron chi connectivity index (χ4n) is 1.56. The van der Waals surface area contributed by atoms with E-state index in [1.54, 1.807) is 6.20 Å². The van der Waals surface area contributed by atoms with E-state index in [2.05, 4.69) is 10.3 Å². The second-order valence-corrected chi connectivity index (χ2v) is 3.41. The number of rotatable bonds is 2. The minimum atomic E-state index is 0.294. The number of aromatic nitrogens is 1. The van der Waals surface area contributed by atoms with Gasteiger partial charge in [0, 0.05) is 18.0 Å². The molecule has 0 radical (unpaired) electrons. The minimum absolute atomic E-state index is 0.294. The largest absolute Gasteiger partial charge is 0.454 e. The summed E-state index contributed by atoms with van der Waals surface area (Å²) in [5.41, 5.74) is 0.933. The van der Waals surface area contributed by atoms with Gasteiger partial charge in [0.2, 0.25) is 6.79 Å². The number of hydrogen-bond donors (Lipinski definition) is 1. The van der Waals surface area contributed by atoms with Crippen molar-refractivity contribution >= 4 is 11.5 Å². The van der Waals surface area contributed by atoms with Crippen molar-refractivity contribution in [1.29, 1.82) is 0 Å². The van der Waals surface area contributed by atoms with Crippen molar-refractivity contribution in [2.24, 2.45) is 0 Å². The Balaban J connectivity index is 1.86. The van der Waals surface area contributed by atoms with Crippen LogP contribution < -0.4 is 14.8 Å². The van der Waals surface area contributed by atoms with E-state index in [4.69, 9.17) is 9.47 Å². The van der Waals surface area contributed by atoms with Crippen LogP contribution in [0.25, 0.3) is 0 Å². The molecule has 0 bridgehead atoms. The fourth-order valence-corrected chi connectivity index (χ4v) is 1.56. The van der Waals surface area contributed by atoms with Gasteiger partial charge in [-0.15, -0.1) is 0 Å². The van der Waals surface area contributed by atoms with Gasteiger partial charge >= 0.3 is 0 Å². The summed E-state index contributed by atoms with van der Waals surface area (Å²) in [6.07, 6.45) is 1.75. The molecular formula is C12H10N2O2. The van der Waals surface area contributed by atoms with E-state index in [0.717, 1.165) is 23.0 Å². The molecule has 2 heterocycles. The van der Waals surface area contributed by atoms with Gasteiger partial charge in [-0.3, -0.25) is 0 Å². The van der Waals surface area contributed by atoms with Crippen molar-refractivity contribution in [1.82, 2.24) is 4.98 Å². The number of fused-ring (bicyclic) bond motifs is 1. The lowest BCUT2D eigenvalue weighted by Gasteiger charge is -2.05. The lowest BCUT2D eigenvalue weighted by atomic mass is 10.3. The Hall–Kier alpha value is -2.23. The molecule has 0 fully saturated rings. The zero-order valence-corrected chi connectivity index (χ0v) is 8.51. The monoisotopic (exact) mass is 214 g/mol. The third-order valence-corrected chi connectivity index (χ3v) is 2.31. The first-order valence-electron chi connectivity index (χ1n) is 4.99. The van der Waals surface area contributed by atoms with Gasteiger partial charge in [-0.1, -0.05) is 6.07 Å². The molecule has 2 aromatic rings. The van der Waals surface area contributed by atoms with Crippen LogP contribution in [0.1, 0.15) is 0 Å². The van der Waals surface area contributed by atoms with Crippen molar-refractivity contribution in [3.05, 3.63) is 42.6 Å². The highest BCUT2D eigenvalue weighted by molar-refractivity contribution is 5.61. The lowest BCUT2D eigenvalue weighted by Crippen LogP contribution is -1.93. The molecule has 16 heavy (non-hydrogen) atoms. The van der Waals surface area contributed by atoms with Gasteiger partial charge in [-0.2, -0.15) is 0 Å². The number of anilines is 2. The quantitative estimate of drug-likeness (QED) is 0.834. The summed E-state index contributed by atoms with van der Waals surface area (Å²) in [5.74, 6) is 2.36. The summed E-state index contributed by atoms with van der Waals surface area (Å²) in [5, 5.41) is 3.19. The Bertz CT molecular complexity index is 500. The Labute approximate surface area is 92.8 Å². The van der Waals surface area contributed by atoms with Crippen LogP contribution in [0.3, 0.4) is 0 Å². The summed E-state index contributed by atoms with van der Waals surface area (Å²) >= 11 is 0. The molecule has 1 N–H and O–H groups in total. The number of benzene rings is 1. The van der Waals surface area contributed by atoms with Gasteiger partial charge in [0.25, 0.3) is 0 Å². The van der Waals surface area contributed by atoms with Crippen LogP contribution in [0, 0.1) is 0 Å². The van der Waals surface area contributed by atoms with E-state index in [1.165, 1.54) is 0 Å². The van der Waals surface area contributed by atoms with Crippen LogP contribution in [-0.4, -0.2) is 11.8 Å². The smallest absolute Gasteiger partial charge is 0.231 e. The molecule has 4 heteroatoms. The first-order valence-corrected chi connectivity index (χ1v) is 4.99. The van der Waals surface area contributed by atoms with Gasteiger partial charge in [0.05, 0.1) is 0 Å². The summed E-state index contributed by atoms with van der Waals surface area (Å²) < 4.78 is 10.5. The van der Waals surface area contributed by atoms with Crippen LogP contribution in [0.2, 0.25) is 0 Å². The molecule has 0 atom stereocenters. The highest BCUT2D eigenvalue weighted by Gasteiger charge is 2.12. The predicted molar refractivity (Wildman–Crippen MR) is 60.1 cm³/mol. The van der Waals surface area contributed by atoms with Gasteiger partial charge < -0.3 is 14.8 Å². The van der Waals surface area contributed by atoms with E-state index in [-0.39, 0.29) is 0 Å². The van der Waals surface area contributed by atoms with E-state index in [9.17, 15) is 0 Å². The maximum Gasteiger partial charge on any atom is 0.231 e. The maximum atomic E-state index is 5.29. The predicted octanol–water partition coefficient (Wildman–Crippen LogP) is 2.55. The Morgan fingerprint density at radius 1 is 1.06 bits per heavy atom. The molecule has 3 rings (SSSR count). The fraction of sp³-hybridized carbons (Fsp3) is 0.0833. The molecule has 4 nitrogen and oxygen atoms in total. The van der Waals surface area contributed by atoms with E-state index in [0.29, 0.717) is 6.79 Å². The number of hydrogen-bond acceptors (Lipinski definition) is 4. The summed E-state index contributed by atoms with van der Waals surface area (Å²) in [6, 6.07) is 11.4. The molecule has 1 aliphatic rings. The third-order valence-electron chi connectivity index (χ3n) is 2.31. The van der Waals surface area contributed by atoms with Gasteiger partial charge in [-0.05, 0) is 24.3 Å². The molecule has 80 valence electrons. The van der Waals surface area contributed by atoms with Crippen LogP contribution in [-0.2, 0) is 0 Å². The first-order chi connectivity index (χ1) is 7.92. The molecule has 1 aliphatic heterocycles. The highest BCUT2D eigenvalue weighted by atomic mass is 16.7. The topological polar surface area (TPSA) is 43.4 Å². The number of nitrogens with zero attached hydrogens (tertiary/aromatic N) is 1. The van der Waals surface area contributed by atoms with Crippen LogP contribution >= 0.6 is 0 Å². The average Bonchev–Trinajstić information content (AvgIpc) is 2.77. The summed E-state index contributed by atoms with van der Waals surface area (Å²) in [7, 11) is 0. The standard InChI is InChI=1S/C12H10N2O2/c1-2-6-13-12(3-1)14-9-4-5-10-11(7-9)16-8-15-10/h1-7H,8H2,(H,13,14). The molecular weight excluding hydrogens is 204 g/mol. The molecule has 0 amide bonds. The number of nitrogens with one attached hydrogen (secondary N) is 1. The van der Waals surface area contributed by atoms with Crippen molar-refractivity contribution in [3.8, 4) is 11.5 Å². The molecule has 0 saturated carbocycles. The van der Waals surface area contributed by atoms with Gasteiger partial charge in [-0.25, -0.2) is 4.98 Å². The minimum Gasteiger partial charge on any atom is -0.454 e. The van der Waals surface area contributed by atoms with Crippen molar-refractivity contribution in [3.63, 3.8) is 0 Å². The summed E-state index contributed by atoms with van der Waals surface area (Å²) in [6.45, 7) is 0.294. The molecule has 1 aromatic carbocycles. The Morgan fingerprint density at radius 2 is 2.00 bits per heavy atom. The zero-order chi connectivity index (χ0) is 10.8. The van der Waals surface area contributed by atoms with Crippen molar-refractivity contribution in [2.75, 3.05) is 12.1 Å². The first kappa shape index (κ1) is 9.03. The normalized spacial score (nSPS) is 12.5. The second kappa shape index (κ2) is 3.73. The van der Waals surface area contributed by atoms with Crippen LogP contribution in [0.4, 0.5) is 11.5 Å². The summed E-state index contributed by atoms with van der Waals surface area (Å²) in [4.78, 5) is 4.18. The third kappa shape index (κ3) is 1.65. The Kier molecular flexibility index (Phi) is 2.11. The SMILES string of the molecule is c1ccc(Nc2ccc3c(c2)OCO3)nc1. The molecule has 0 unspecified atom stereocenters. The molecule has 0 aliphatic carbocycles. The maximum absolute atomic E-state index is 5.29.